The van der Waals surface area contributed by atoms with Crippen LogP contribution in [0.5, 0.6) is 0 Å². The summed E-state index contributed by atoms with van der Waals surface area (Å²) in [6, 6.07) is 7.02. The molecule has 1 fully saturated rings. The summed E-state index contributed by atoms with van der Waals surface area (Å²) < 4.78 is 1.60. The molecule has 2 aromatic rings. The molecule has 0 radical (unpaired) electrons. The first-order chi connectivity index (χ1) is 13.4. The highest BCUT2D eigenvalue weighted by atomic mass is 16.2. The van der Waals surface area contributed by atoms with E-state index in [2.05, 4.69) is 20.6 Å². The molecule has 1 aromatic carbocycles. The molecule has 0 saturated carbocycles. The van der Waals surface area contributed by atoms with Gasteiger partial charge in [0, 0.05) is 43.6 Å². The van der Waals surface area contributed by atoms with Gasteiger partial charge in [-0.25, -0.2) is 0 Å². The van der Waals surface area contributed by atoms with Crippen LogP contribution in [0.4, 0.5) is 5.69 Å². The lowest BCUT2D eigenvalue weighted by Crippen LogP contribution is -2.46. The van der Waals surface area contributed by atoms with E-state index in [1.165, 1.54) is 6.92 Å². The summed E-state index contributed by atoms with van der Waals surface area (Å²) >= 11 is 0. The van der Waals surface area contributed by atoms with Gasteiger partial charge in [0.15, 0.2) is 5.78 Å². The second-order valence-corrected chi connectivity index (χ2v) is 7.11. The zero-order valence-corrected chi connectivity index (χ0v) is 16.1. The number of piperidine rings is 1. The van der Waals surface area contributed by atoms with Crippen molar-refractivity contribution in [3.63, 3.8) is 0 Å². The predicted molar refractivity (Wildman–Crippen MR) is 105 cm³/mol. The SMILES string of the molecule is CC(=O)c1cccc(NC(=O)CN2CCC(NC(=O)c3cnn(C)c3)CC2)c1. The lowest BCUT2D eigenvalue weighted by molar-refractivity contribution is -0.117. The minimum absolute atomic E-state index is 0.0356. The van der Waals surface area contributed by atoms with Crippen molar-refractivity contribution >= 4 is 23.3 Å². The number of rotatable bonds is 6. The molecule has 0 spiro atoms. The minimum atomic E-state index is -0.116. The molecule has 3 rings (SSSR count). The van der Waals surface area contributed by atoms with Crippen LogP contribution < -0.4 is 10.6 Å². The number of nitrogens with one attached hydrogen (secondary N) is 2. The number of ketones is 1. The number of carbonyl (C=O) groups is 3. The second-order valence-electron chi connectivity index (χ2n) is 7.11. The number of aromatic nitrogens is 2. The zero-order valence-electron chi connectivity index (χ0n) is 16.1. The first-order valence-corrected chi connectivity index (χ1v) is 9.33. The van der Waals surface area contributed by atoms with E-state index in [-0.39, 0.29) is 30.2 Å². The number of anilines is 1. The van der Waals surface area contributed by atoms with Crippen molar-refractivity contribution in [2.45, 2.75) is 25.8 Å². The number of benzene rings is 1. The lowest BCUT2D eigenvalue weighted by atomic mass is 10.0. The van der Waals surface area contributed by atoms with E-state index in [1.807, 2.05) is 0 Å². The van der Waals surface area contributed by atoms with Crippen LogP contribution in [0.25, 0.3) is 0 Å². The molecule has 8 nitrogen and oxygen atoms in total. The van der Waals surface area contributed by atoms with Gasteiger partial charge >= 0.3 is 0 Å². The molecular formula is C20H25N5O3. The first-order valence-electron chi connectivity index (χ1n) is 9.33. The summed E-state index contributed by atoms with van der Waals surface area (Å²) in [4.78, 5) is 38.0. The number of likely N-dealkylation sites (tertiary alicyclic amines) is 1. The van der Waals surface area contributed by atoms with Crippen LogP contribution in [0.15, 0.2) is 36.7 Å². The van der Waals surface area contributed by atoms with Crippen molar-refractivity contribution in [3.8, 4) is 0 Å². The molecule has 8 heteroatoms. The fourth-order valence-corrected chi connectivity index (χ4v) is 3.26. The lowest BCUT2D eigenvalue weighted by Gasteiger charge is -2.31. The number of carbonyl (C=O) groups excluding carboxylic acids is 3. The van der Waals surface area contributed by atoms with Crippen LogP contribution in [0.2, 0.25) is 0 Å². The molecule has 2 N–H and O–H groups in total. The van der Waals surface area contributed by atoms with E-state index in [9.17, 15) is 14.4 Å². The van der Waals surface area contributed by atoms with Crippen LogP contribution in [0, 0.1) is 0 Å². The minimum Gasteiger partial charge on any atom is -0.349 e. The number of Topliss-reactive ketones (excluding diaryl/α,β-unsaturated/α-hetero) is 1. The van der Waals surface area contributed by atoms with Crippen LogP contribution in [-0.4, -0.2) is 58.0 Å². The van der Waals surface area contributed by atoms with Crippen LogP contribution in [-0.2, 0) is 11.8 Å². The molecule has 1 aromatic heterocycles. The fourth-order valence-electron chi connectivity index (χ4n) is 3.26. The highest BCUT2D eigenvalue weighted by Crippen LogP contribution is 2.13. The molecule has 2 heterocycles. The Balaban J connectivity index is 1.43. The summed E-state index contributed by atoms with van der Waals surface area (Å²) in [5.41, 5.74) is 1.75. The van der Waals surface area contributed by atoms with Gasteiger partial charge in [0.25, 0.3) is 5.91 Å². The Kier molecular flexibility index (Phi) is 6.20. The molecule has 0 bridgehead atoms. The highest BCUT2D eigenvalue weighted by molar-refractivity contribution is 5.97. The van der Waals surface area contributed by atoms with Crippen LogP contribution in [0.1, 0.15) is 40.5 Å². The average molecular weight is 383 g/mol. The van der Waals surface area contributed by atoms with E-state index >= 15 is 0 Å². The number of hydrogen-bond donors (Lipinski definition) is 2. The van der Waals surface area contributed by atoms with Gasteiger partial charge in [0.1, 0.15) is 0 Å². The van der Waals surface area contributed by atoms with Crippen LogP contribution in [0.3, 0.4) is 0 Å². The van der Waals surface area contributed by atoms with Gasteiger partial charge in [-0.1, -0.05) is 12.1 Å². The van der Waals surface area contributed by atoms with Crippen molar-refractivity contribution in [2.24, 2.45) is 7.05 Å². The maximum Gasteiger partial charge on any atom is 0.254 e. The molecule has 148 valence electrons. The fraction of sp³-hybridized carbons (Fsp3) is 0.400. The third kappa shape index (κ3) is 5.26. The Bertz CT molecular complexity index is 868. The molecule has 1 aliphatic heterocycles. The van der Waals surface area contributed by atoms with Gasteiger partial charge in [-0.3, -0.25) is 24.0 Å². The Morgan fingerprint density at radius 1 is 1.18 bits per heavy atom. The summed E-state index contributed by atoms with van der Waals surface area (Å²) in [6.45, 7) is 3.25. The van der Waals surface area contributed by atoms with Crippen molar-refractivity contribution in [1.29, 1.82) is 0 Å². The molecule has 0 aliphatic carbocycles. The molecule has 28 heavy (non-hydrogen) atoms. The smallest absolute Gasteiger partial charge is 0.254 e. The Morgan fingerprint density at radius 3 is 2.57 bits per heavy atom. The Hall–Kier alpha value is -3.00. The third-order valence-corrected chi connectivity index (χ3v) is 4.81. The van der Waals surface area contributed by atoms with Gasteiger partial charge in [0.05, 0.1) is 18.3 Å². The van der Waals surface area contributed by atoms with E-state index in [4.69, 9.17) is 0 Å². The summed E-state index contributed by atoms with van der Waals surface area (Å²) in [6.07, 6.45) is 4.82. The quantitative estimate of drug-likeness (QED) is 0.736. The summed E-state index contributed by atoms with van der Waals surface area (Å²) in [5, 5.41) is 9.88. The van der Waals surface area contributed by atoms with Crippen LogP contribution >= 0.6 is 0 Å². The summed E-state index contributed by atoms with van der Waals surface area (Å²) in [7, 11) is 1.77. The Labute approximate surface area is 163 Å². The number of amides is 2. The number of aryl methyl sites for hydroxylation is 1. The monoisotopic (exact) mass is 383 g/mol. The number of nitrogens with zero attached hydrogens (tertiary/aromatic N) is 3. The van der Waals surface area contributed by atoms with Crippen molar-refractivity contribution < 1.29 is 14.4 Å². The molecule has 0 atom stereocenters. The maximum absolute atomic E-state index is 12.3. The molecular weight excluding hydrogens is 358 g/mol. The molecule has 0 unspecified atom stereocenters. The zero-order chi connectivity index (χ0) is 20.1. The third-order valence-electron chi connectivity index (χ3n) is 4.81. The maximum atomic E-state index is 12.3. The second kappa shape index (κ2) is 8.79. The average Bonchev–Trinajstić information content (AvgIpc) is 3.10. The van der Waals surface area contributed by atoms with Crippen molar-refractivity contribution in [1.82, 2.24) is 20.0 Å². The van der Waals surface area contributed by atoms with Gasteiger partial charge in [-0.2, -0.15) is 5.10 Å². The topological polar surface area (TPSA) is 96.3 Å². The first kappa shape index (κ1) is 19.8. The largest absolute Gasteiger partial charge is 0.349 e. The van der Waals surface area contributed by atoms with E-state index in [0.717, 1.165) is 25.9 Å². The van der Waals surface area contributed by atoms with Gasteiger partial charge in [0.2, 0.25) is 5.91 Å². The van der Waals surface area contributed by atoms with E-state index in [0.29, 0.717) is 16.8 Å². The normalized spacial score (nSPS) is 15.2. The van der Waals surface area contributed by atoms with Crippen molar-refractivity contribution in [2.75, 3.05) is 25.0 Å². The van der Waals surface area contributed by atoms with Gasteiger partial charge in [-0.15, -0.1) is 0 Å². The van der Waals surface area contributed by atoms with E-state index < -0.39 is 0 Å². The summed E-state index contributed by atoms with van der Waals surface area (Å²) in [5.74, 6) is -0.264. The van der Waals surface area contributed by atoms with Gasteiger partial charge < -0.3 is 10.6 Å². The molecule has 1 aliphatic rings. The predicted octanol–water partition coefficient (Wildman–Crippen LogP) is 1.46. The molecule has 1 saturated heterocycles. The molecule has 2 amide bonds. The van der Waals surface area contributed by atoms with Crippen molar-refractivity contribution in [3.05, 3.63) is 47.8 Å². The Morgan fingerprint density at radius 2 is 1.93 bits per heavy atom. The standard InChI is InChI=1S/C20H25N5O3/c1-14(26)15-4-3-5-18(10-15)22-19(27)13-25-8-6-17(7-9-25)23-20(28)16-11-21-24(2)12-16/h3-5,10-12,17H,6-9,13H2,1-2H3,(H,22,27)(H,23,28). The highest BCUT2D eigenvalue weighted by Gasteiger charge is 2.23. The van der Waals surface area contributed by atoms with Gasteiger partial charge in [-0.05, 0) is 31.9 Å². The van der Waals surface area contributed by atoms with E-state index in [1.54, 1.807) is 48.4 Å². The number of hydrogen-bond acceptors (Lipinski definition) is 5.